The van der Waals surface area contributed by atoms with E-state index in [1.165, 1.54) is 12.5 Å². The maximum atomic E-state index is 13.6. The molecule has 0 radical (unpaired) electrons. The summed E-state index contributed by atoms with van der Waals surface area (Å²) in [7, 11) is -10.0. The third-order valence-electron chi connectivity index (χ3n) is 7.26. The summed E-state index contributed by atoms with van der Waals surface area (Å²) in [5, 5.41) is 10.7. The van der Waals surface area contributed by atoms with Gasteiger partial charge in [0.15, 0.2) is 17.8 Å². The monoisotopic (exact) mass is 772 g/mol. The zero-order chi connectivity index (χ0) is 38.7. The fourth-order valence-corrected chi connectivity index (χ4v) is 5.99. The standard InChI is InChI=1S/C29H49N5O13S3/c1-20(2)10-8-11-21(3)15-17-33(29(30)31)16-9-12-25(34(5,6)7)28(35)32-22(4)27(47-50(42,43)44)23-13-14-26(46-49(39,40)41)24(18-23)19-45-48(36,37)38/h10,13-15,18,22,25,27H,8-9,11-12,16-17,19H2,1-7H3,(H6-,30,31,32,35,36,37,38,39,40,41,42,43,44)/p+1/b21-15-. The van der Waals surface area contributed by atoms with Gasteiger partial charge in [-0.25, -0.2) is 8.37 Å². The quantitative estimate of drug-likeness (QED) is 0.0344. The Balaban J connectivity index is 3.27. The van der Waals surface area contributed by atoms with Crippen molar-refractivity contribution in [2.24, 2.45) is 5.73 Å². The first-order valence-electron chi connectivity index (χ1n) is 15.2. The Kier molecular flexibility index (Phi) is 17.0. The van der Waals surface area contributed by atoms with Crippen LogP contribution in [-0.4, -0.2) is 106 Å². The van der Waals surface area contributed by atoms with Crippen molar-refractivity contribution >= 4 is 43.1 Å². The van der Waals surface area contributed by atoms with Crippen molar-refractivity contribution in [1.29, 1.82) is 5.41 Å². The molecule has 1 rings (SSSR count). The number of carbonyl (C=O) groups is 1. The molecule has 0 spiro atoms. The van der Waals surface area contributed by atoms with Gasteiger partial charge in [0.1, 0.15) is 6.10 Å². The lowest BCUT2D eigenvalue weighted by atomic mass is 9.99. The number of hydrogen-bond donors (Lipinski definition) is 6. The number of quaternary nitrogens is 1. The number of hydrogen-bond acceptors (Lipinski definition) is 11. The summed E-state index contributed by atoms with van der Waals surface area (Å²) in [6.45, 7) is 7.17. The number of rotatable bonds is 21. The molecule has 0 aromatic heterocycles. The maximum absolute atomic E-state index is 13.6. The summed E-state index contributed by atoms with van der Waals surface area (Å²) in [6.07, 6.45) is 5.00. The van der Waals surface area contributed by atoms with Crippen LogP contribution in [-0.2, 0) is 51.0 Å². The second kappa shape index (κ2) is 18.9. The first kappa shape index (κ1) is 44.9. The van der Waals surface area contributed by atoms with Gasteiger partial charge in [-0.15, -0.1) is 0 Å². The molecule has 1 aromatic carbocycles. The molecule has 3 unspecified atom stereocenters. The van der Waals surface area contributed by atoms with E-state index < -0.39 is 73.2 Å². The minimum atomic E-state index is -5.18. The smallest absolute Gasteiger partial charge is 0.370 e. The van der Waals surface area contributed by atoms with Crippen molar-refractivity contribution < 1.29 is 60.7 Å². The summed E-state index contributed by atoms with van der Waals surface area (Å²) in [6, 6.07) is 1.03. The Morgan fingerprint density at radius 3 is 2.14 bits per heavy atom. The van der Waals surface area contributed by atoms with Gasteiger partial charge in [0.05, 0.1) is 33.8 Å². The van der Waals surface area contributed by atoms with Crippen LogP contribution in [0, 0.1) is 5.41 Å². The van der Waals surface area contributed by atoms with Gasteiger partial charge in [0.25, 0.3) is 5.91 Å². The van der Waals surface area contributed by atoms with Crippen molar-refractivity contribution in [1.82, 2.24) is 10.2 Å². The van der Waals surface area contributed by atoms with Crippen LogP contribution >= 0.6 is 0 Å². The van der Waals surface area contributed by atoms with Crippen molar-refractivity contribution in [3.63, 3.8) is 0 Å². The van der Waals surface area contributed by atoms with Gasteiger partial charge in [0, 0.05) is 25.1 Å². The molecule has 0 bridgehead atoms. The highest BCUT2D eigenvalue weighted by molar-refractivity contribution is 7.81. The van der Waals surface area contributed by atoms with E-state index in [0.717, 1.165) is 36.6 Å². The van der Waals surface area contributed by atoms with E-state index in [0.29, 0.717) is 25.9 Å². The van der Waals surface area contributed by atoms with Crippen molar-refractivity contribution in [2.45, 2.75) is 78.2 Å². The molecule has 0 fully saturated rings. The van der Waals surface area contributed by atoms with Gasteiger partial charge in [-0.3, -0.25) is 23.9 Å². The molecular weight excluding hydrogens is 723 g/mol. The largest absolute Gasteiger partial charge is 0.446 e. The zero-order valence-electron chi connectivity index (χ0n) is 29.2. The third kappa shape index (κ3) is 18.2. The fourth-order valence-electron chi connectivity index (χ4n) is 4.79. The average Bonchev–Trinajstić information content (AvgIpc) is 2.92. The van der Waals surface area contributed by atoms with Crippen molar-refractivity contribution in [2.75, 3.05) is 34.2 Å². The summed E-state index contributed by atoms with van der Waals surface area (Å²) in [5.41, 5.74) is 7.64. The van der Waals surface area contributed by atoms with E-state index in [9.17, 15) is 34.6 Å². The second-order valence-corrected chi connectivity index (χ2v) is 15.9. The van der Waals surface area contributed by atoms with E-state index in [-0.39, 0.29) is 16.0 Å². The molecule has 1 amide bonds. The Morgan fingerprint density at radius 1 is 1.02 bits per heavy atom. The highest BCUT2D eigenvalue weighted by Crippen LogP contribution is 2.30. The molecular formula is C29H50N5O13S3+. The molecule has 7 N–H and O–H groups in total. The first-order valence-corrected chi connectivity index (χ1v) is 19.3. The molecule has 0 saturated carbocycles. The number of likely N-dealkylation sites (N-methyl/N-ethyl adjacent to an activating group) is 1. The number of amides is 1. The molecule has 286 valence electrons. The van der Waals surface area contributed by atoms with Crippen molar-refractivity contribution in [3.05, 3.63) is 52.6 Å². The van der Waals surface area contributed by atoms with Crippen LogP contribution in [0.5, 0.6) is 5.75 Å². The van der Waals surface area contributed by atoms with Gasteiger partial charge in [0.2, 0.25) is 0 Å². The number of carbonyl (C=O) groups excluding carboxylic acids is 1. The molecule has 0 aliphatic rings. The predicted octanol–water partition coefficient (Wildman–Crippen LogP) is 2.30. The molecule has 1 aromatic rings. The van der Waals surface area contributed by atoms with Crippen LogP contribution in [0.2, 0.25) is 0 Å². The Hall–Kier alpha value is -3.15. The molecule has 21 heteroatoms. The molecule has 0 heterocycles. The van der Waals surface area contributed by atoms with Crippen LogP contribution < -0.4 is 15.2 Å². The summed E-state index contributed by atoms with van der Waals surface area (Å²) < 4.78 is 110. The topological polar surface area (TPSA) is 273 Å². The molecule has 0 aliphatic heterocycles. The Labute approximate surface area is 295 Å². The van der Waals surface area contributed by atoms with E-state index >= 15 is 0 Å². The average molecular weight is 773 g/mol. The van der Waals surface area contributed by atoms with Gasteiger partial charge in [-0.1, -0.05) is 29.4 Å². The minimum Gasteiger partial charge on any atom is -0.370 e. The van der Waals surface area contributed by atoms with Crippen LogP contribution in [0.25, 0.3) is 0 Å². The van der Waals surface area contributed by atoms with E-state index in [4.69, 9.17) is 24.4 Å². The van der Waals surface area contributed by atoms with Gasteiger partial charge < -0.3 is 24.6 Å². The fraction of sp³-hybridized carbons (Fsp3) is 0.586. The first-order chi connectivity index (χ1) is 22.7. The molecule has 3 atom stereocenters. The number of nitrogens with zero attached hydrogens (tertiary/aromatic N) is 2. The molecule has 0 aliphatic carbocycles. The van der Waals surface area contributed by atoms with Gasteiger partial charge in [-0.05, 0) is 64.7 Å². The minimum absolute atomic E-state index is 0.127. The van der Waals surface area contributed by atoms with E-state index in [1.54, 1.807) is 26.0 Å². The Bertz CT molecular complexity index is 1720. The normalized spacial score (nSPS) is 14.7. The zero-order valence-corrected chi connectivity index (χ0v) is 31.6. The Morgan fingerprint density at radius 2 is 1.64 bits per heavy atom. The number of benzene rings is 1. The molecule has 50 heavy (non-hydrogen) atoms. The summed E-state index contributed by atoms with van der Waals surface area (Å²) in [5.74, 6) is -1.31. The lowest BCUT2D eigenvalue weighted by Gasteiger charge is -2.35. The number of nitrogens with two attached hydrogens (primary N) is 1. The van der Waals surface area contributed by atoms with E-state index in [2.05, 4.69) is 19.8 Å². The lowest BCUT2D eigenvalue weighted by Crippen LogP contribution is -2.56. The number of nitrogens with one attached hydrogen (secondary N) is 2. The second-order valence-electron chi connectivity index (χ2n) is 12.8. The highest BCUT2D eigenvalue weighted by Gasteiger charge is 2.35. The molecule has 18 nitrogen and oxygen atoms in total. The van der Waals surface area contributed by atoms with Crippen LogP contribution in [0.3, 0.4) is 0 Å². The predicted molar refractivity (Wildman–Crippen MR) is 185 cm³/mol. The number of allylic oxidation sites excluding steroid dienone is 3. The number of guanidine groups is 1. The van der Waals surface area contributed by atoms with Crippen LogP contribution in [0.1, 0.15) is 70.6 Å². The molecule has 0 saturated heterocycles. The van der Waals surface area contributed by atoms with Gasteiger partial charge >= 0.3 is 31.2 Å². The SMILES string of the molecule is CC(C)=CCC/C(C)=C\CN(CCCC(C(=O)NC(C)C(OS(=O)(=O)O)c1ccc(OS(=O)(=O)O)c(COS(=O)(=O)O)c1)[N+](C)(C)C)C(=N)N. The third-order valence-corrected chi connectivity index (χ3v) is 8.51. The van der Waals surface area contributed by atoms with Gasteiger partial charge in [-0.2, -0.15) is 25.3 Å². The van der Waals surface area contributed by atoms with Crippen LogP contribution in [0.4, 0.5) is 0 Å². The maximum Gasteiger partial charge on any atom is 0.446 e. The van der Waals surface area contributed by atoms with Crippen molar-refractivity contribution in [3.8, 4) is 5.75 Å². The van der Waals surface area contributed by atoms with E-state index in [1.807, 2.05) is 26.8 Å². The lowest BCUT2D eigenvalue weighted by molar-refractivity contribution is -0.886. The highest BCUT2D eigenvalue weighted by atomic mass is 32.3. The summed E-state index contributed by atoms with van der Waals surface area (Å²) >= 11 is 0. The summed E-state index contributed by atoms with van der Waals surface area (Å²) in [4.78, 5) is 15.3. The van der Waals surface area contributed by atoms with Crippen LogP contribution in [0.15, 0.2) is 41.5 Å².